The topological polar surface area (TPSA) is 6.48 Å². The Morgan fingerprint density at radius 1 is 0.271 bits per heavy atom. The predicted molar refractivity (Wildman–Crippen MR) is 299 cm³/mol. The van der Waals surface area contributed by atoms with Crippen LogP contribution in [0.5, 0.6) is 0 Å². The van der Waals surface area contributed by atoms with E-state index in [0.29, 0.717) is 0 Å². The fourth-order valence-corrected chi connectivity index (χ4v) is 11.2. The van der Waals surface area contributed by atoms with E-state index in [1.807, 2.05) is 0 Å². The molecule has 10 aromatic rings. The zero-order valence-electron chi connectivity index (χ0n) is 40.1. The van der Waals surface area contributed by atoms with Gasteiger partial charge < -0.3 is 9.80 Å². The molecule has 2 aliphatic carbocycles. The van der Waals surface area contributed by atoms with E-state index in [1.165, 1.54) is 77.5 Å². The van der Waals surface area contributed by atoms with Gasteiger partial charge in [0.25, 0.3) is 0 Å². The van der Waals surface area contributed by atoms with Crippen LogP contribution in [-0.4, -0.2) is 0 Å². The van der Waals surface area contributed by atoms with Gasteiger partial charge in [-0.15, -0.1) is 0 Å². The van der Waals surface area contributed by atoms with Gasteiger partial charge in [0.2, 0.25) is 0 Å². The van der Waals surface area contributed by atoms with Crippen molar-refractivity contribution in [1.82, 2.24) is 0 Å². The second-order valence-corrected chi connectivity index (χ2v) is 19.8. The molecule has 0 fully saturated rings. The number of hydrogen-bond acceptors (Lipinski definition) is 2. The molecule has 10 aromatic carbocycles. The minimum atomic E-state index is -0.167. The highest BCUT2D eigenvalue weighted by Gasteiger charge is 2.37. The number of fused-ring (bicyclic) bond motifs is 7. The van der Waals surface area contributed by atoms with Crippen molar-refractivity contribution < 1.29 is 0 Å². The van der Waals surface area contributed by atoms with Gasteiger partial charge in [0.1, 0.15) is 0 Å². The van der Waals surface area contributed by atoms with E-state index < -0.39 is 0 Å². The lowest BCUT2D eigenvalue weighted by Gasteiger charge is -2.28. The van der Waals surface area contributed by atoms with Gasteiger partial charge in [-0.05, 0) is 150 Å². The zero-order valence-corrected chi connectivity index (χ0v) is 40.1. The largest absolute Gasteiger partial charge is 0.310 e. The first-order chi connectivity index (χ1) is 34.2. The van der Waals surface area contributed by atoms with Gasteiger partial charge in [-0.3, -0.25) is 0 Å². The van der Waals surface area contributed by atoms with Gasteiger partial charge in [-0.1, -0.05) is 210 Å². The zero-order chi connectivity index (χ0) is 47.4. The van der Waals surface area contributed by atoms with E-state index in [-0.39, 0.29) is 10.8 Å². The van der Waals surface area contributed by atoms with Crippen molar-refractivity contribution in [1.29, 1.82) is 0 Å². The summed E-state index contributed by atoms with van der Waals surface area (Å²) in [6.45, 7) is 9.48. The number of hydrogen-bond donors (Lipinski definition) is 0. The van der Waals surface area contributed by atoms with Crippen LogP contribution in [0.15, 0.2) is 231 Å². The monoisotopic (exact) mass is 898 g/mol. The van der Waals surface area contributed by atoms with Gasteiger partial charge in [-0.25, -0.2) is 0 Å². The lowest BCUT2D eigenvalue weighted by atomic mass is 9.81. The average molecular weight is 899 g/mol. The summed E-state index contributed by atoms with van der Waals surface area (Å²) in [5.41, 5.74) is 22.1. The molecule has 0 amide bonds. The lowest BCUT2D eigenvalue weighted by Crippen LogP contribution is -2.16. The summed E-state index contributed by atoms with van der Waals surface area (Å²) in [6.07, 6.45) is 9.13. The van der Waals surface area contributed by atoms with Crippen molar-refractivity contribution >= 4 is 69.2 Å². The lowest BCUT2D eigenvalue weighted by molar-refractivity contribution is 0.660. The molecule has 2 heteroatoms. The Kier molecular flexibility index (Phi) is 10.6. The van der Waals surface area contributed by atoms with Crippen LogP contribution in [0.25, 0.3) is 57.3 Å². The molecule has 0 radical (unpaired) electrons. The Bertz CT molecular complexity index is 3320. The Labute approximate surface area is 412 Å². The fraction of sp³-hybridized carbons (Fsp3) is 0.0882. The summed E-state index contributed by atoms with van der Waals surface area (Å²) < 4.78 is 0. The average Bonchev–Trinajstić information content (AvgIpc) is 3.76. The molecule has 0 atom stereocenters. The number of benzene rings is 10. The van der Waals surface area contributed by atoms with E-state index in [1.54, 1.807) is 0 Å². The molecule has 12 rings (SSSR count). The summed E-state index contributed by atoms with van der Waals surface area (Å²) in [5, 5.41) is 2.48. The van der Waals surface area contributed by atoms with Gasteiger partial charge in [0, 0.05) is 45.0 Å². The molecule has 0 saturated carbocycles. The third-order valence-electron chi connectivity index (χ3n) is 14.8. The molecule has 0 bridgehead atoms. The number of para-hydroxylation sites is 4. The SMILES string of the molecule is CC1(C)c2cc(C=Cc3ccc(C=Cc4ccc5c(c4)C(C)(C)c4cc(N(c6ccccc6)c6ccccc6)ccc4-5)c4ccccc34)ccc2-c2ccc(N(c3ccccc3)c3ccccc3)cc21. The Morgan fingerprint density at radius 3 is 0.914 bits per heavy atom. The third kappa shape index (κ3) is 7.45. The molecule has 70 heavy (non-hydrogen) atoms. The van der Waals surface area contributed by atoms with E-state index in [2.05, 4.69) is 292 Å². The van der Waals surface area contributed by atoms with Gasteiger partial charge >= 0.3 is 0 Å². The third-order valence-corrected chi connectivity index (χ3v) is 14.8. The molecule has 336 valence electrons. The highest BCUT2D eigenvalue weighted by atomic mass is 15.1. The fourth-order valence-electron chi connectivity index (χ4n) is 11.2. The van der Waals surface area contributed by atoms with Crippen LogP contribution in [-0.2, 0) is 10.8 Å². The van der Waals surface area contributed by atoms with E-state index in [0.717, 1.165) is 34.1 Å². The van der Waals surface area contributed by atoms with Crippen LogP contribution in [0.3, 0.4) is 0 Å². The highest BCUT2D eigenvalue weighted by Crippen LogP contribution is 2.53. The van der Waals surface area contributed by atoms with Crippen molar-refractivity contribution in [3.63, 3.8) is 0 Å². The molecule has 0 unspecified atom stereocenters. The Balaban J connectivity index is 0.806. The smallest absolute Gasteiger partial charge is 0.0465 e. The standard InChI is InChI=1S/C68H54N2/c1-67(2)63-43-47(31-39-59(63)61-41-37-55(45-65(61)67)69(51-19-9-5-10-20-51)52-21-11-6-12-22-52)29-33-49-35-36-50(58-28-18-17-27-57(49)58)34-30-48-32-40-60-62-42-38-56(46-66(62)68(3,4)64(60)44-48)70(53-23-13-7-14-24-53)54-25-15-8-16-26-54/h5-46H,1-4H3. The molecule has 0 aliphatic heterocycles. The molecule has 0 heterocycles. The quantitative estimate of drug-likeness (QED) is 0.126. The minimum absolute atomic E-state index is 0.167. The van der Waals surface area contributed by atoms with Gasteiger partial charge in [0.15, 0.2) is 0 Å². The van der Waals surface area contributed by atoms with Gasteiger partial charge in [-0.2, -0.15) is 0 Å². The number of rotatable bonds is 10. The minimum Gasteiger partial charge on any atom is -0.310 e. The first kappa shape index (κ1) is 42.9. The van der Waals surface area contributed by atoms with E-state index in [9.17, 15) is 0 Å². The molecular weight excluding hydrogens is 845 g/mol. The molecule has 0 spiro atoms. The second kappa shape index (κ2) is 17.3. The van der Waals surface area contributed by atoms with Crippen molar-refractivity contribution in [3.8, 4) is 22.3 Å². The Hall–Kier alpha value is -8.46. The molecule has 2 nitrogen and oxygen atoms in total. The molecule has 2 aliphatic rings. The summed E-state index contributed by atoms with van der Waals surface area (Å²) in [5.74, 6) is 0. The molecule has 0 aromatic heterocycles. The maximum absolute atomic E-state index is 2.40. The molecule has 0 N–H and O–H groups in total. The normalized spacial score (nSPS) is 13.8. The van der Waals surface area contributed by atoms with Crippen molar-refractivity contribution in [2.45, 2.75) is 38.5 Å². The van der Waals surface area contributed by atoms with Crippen LogP contribution in [0.1, 0.15) is 72.2 Å². The van der Waals surface area contributed by atoms with Crippen LogP contribution in [0.2, 0.25) is 0 Å². The second-order valence-electron chi connectivity index (χ2n) is 19.8. The van der Waals surface area contributed by atoms with Crippen LogP contribution in [0, 0.1) is 0 Å². The summed E-state index contributed by atoms with van der Waals surface area (Å²) >= 11 is 0. The van der Waals surface area contributed by atoms with Crippen LogP contribution in [0.4, 0.5) is 34.1 Å². The molecular formula is C68H54N2. The van der Waals surface area contributed by atoms with Crippen LogP contribution < -0.4 is 9.80 Å². The van der Waals surface area contributed by atoms with Crippen molar-refractivity contribution in [2.24, 2.45) is 0 Å². The first-order valence-electron chi connectivity index (χ1n) is 24.5. The summed E-state index contributed by atoms with van der Waals surface area (Å²) in [6, 6.07) is 84.0. The van der Waals surface area contributed by atoms with Crippen molar-refractivity contribution in [2.75, 3.05) is 9.80 Å². The number of nitrogens with zero attached hydrogens (tertiary/aromatic N) is 2. The van der Waals surface area contributed by atoms with Gasteiger partial charge in [0.05, 0.1) is 0 Å². The molecule has 0 saturated heterocycles. The van der Waals surface area contributed by atoms with Crippen molar-refractivity contribution in [3.05, 3.63) is 275 Å². The maximum atomic E-state index is 2.40. The first-order valence-corrected chi connectivity index (χ1v) is 24.5. The Morgan fingerprint density at radius 2 is 0.571 bits per heavy atom. The van der Waals surface area contributed by atoms with Crippen LogP contribution >= 0.6 is 0 Å². The predicted octanol–water partition coefficient (Wildman–Crippen LogP) is 18.7. The number of anilines is 6. The summed E-state index contributed by atoms with van der Waals surface area (Å²) in [7, 11) is 0. The highest BCUT2D eigenvalue weighted by molar-refractivity contribution is 5.99. The maximum Gasteiger partial charge on any atom is 0.0465 e. The van der Waals surface area contributed by atoms with E-state index in [4.69, 9.17) is 0 Å². The summed E-state index contributed by atoms with van der Waals surface area (Å²) in [4.78, 5) is 4.71. The van der Waals surface area contributed by atoms with E-state index >= 15 is 0 Å².